The molecule has 0 saturated carbocycles. The highest BCUT2D eigenvalue weighted by Gasteiger charge is 2.41. The van der Waals surface area contributed by atoms with E-state index in [1.165, 1.54) is 0 Å². The van der Waals surface area contributed by atoms with E-state index in [0.717, 1.165) is 0 Å². The Morgan fingerprint density at radius 2 is 0.818 bits per heavy atom. The topological polar surface area (TPSA) is 0 Å². The van der Waals surface area contributed by atoms with Gasteiger partial charge in [-0.2, -0.15) is 0 Å². The van der Waals surface area contributed by atoms with Gasteiger partial charge in [-0.15, -0.1) is 0 Å². The van der Waals surface area contributed by atoms with E-state index in [1.54, 1.807) is 0 Å². The lowest BCUT2D eigenvalue weighted by Crippen LogP contribution is -2.37. The van der Waals surface area contributed by atoms with Crippen LogP contribution in [0.4, 0.5) is 0 Å². The lowest BCUT2D eigenvalue weighted by molar-refractivity contribution is 0.141. The van der Waals surface area contributed by atoms with Crippen molar-refractivity contribution in [2.75, 3.05) is 0 Å². The SMILES string of the molecule is [B]C(C)(C(C)(C)C)C(C)(C)C. The molecule has 11 heavy (non-hydrogen) atoms. The minimum absolute atomic E-state index is 0.125. The van der Waals surface area contributed by atoms with Gasteiger partial charge in [0.2, 0.25) is 0 Å². The van der Waals surface area contributed by atoms with E-state index in [1.807, 2.05) is 0 Å². The van der Waals surface area contributed by atoms with Gasteiger partial charge in [-0.3, -0.25) is 0 Å². The molecule has 0 aliphatic rings. The van der Waals surface area contributed by atoms with Crippen LogP contribution < -0.4 is 0 Å². The molecule has 0 aliphatic heterocycles. The average Bonchev–Trinajstić information content (AvgIpc) is 1.58. The van der Waals surface area contributed by atoms with Crippen LogP contribution in [-0.2, 0) is 0 Å². The van der Waals surface area contributed by atoms with Crippen LogP contribution >= 0.6 is 0 Å². The van der Waals surface area contributed by atoms with Crippen LogP contribution in [0.25, 0.3) is 0 Å². The van der Waals surface area contributed by atoms with Crippen LogP contribution in [0, 0.1) is 10.8 Å². The van der Waals surface area contributed by atoms with Gasteiger partial charge in [0.1, 0.15) is 0 Å². The second kappa shape index (κ2) is 2.53. The fraction of sp³-hybridized carbons (Fsp3) is 1.00. The summed E-state index contributed by atoms with van der Waals surface area (Å²) >= 11 is 0. The van der Waals surface area contributed by atoms with Gasteiger partial charge in [0.15, 0.2) is 0 Å². The third kappa shape index (κ3) is 2.01. The highest BCUT2D eigenvalue weighted by Crippen LogP contribution is 2.54. The van der Waals surface area contributed by atoms with E-state index in [9.17, 15) is 0 Å². The van der Waals surface area contributed by atoms with E-state index < -0.39 is 0 Å². The molecule has 0 rings (SSSR count). The molecule has 0 aromatic carbocycles. The molecule has 0 nitrogen and oxygen atoms in total. The van der Waals surface area contributed by atoms with Crippen LogP contribution in [0.15, 0.2) is 0 Å². The van der Waals surface area contributed by atoms with Gasteiger partial charge >= 0.3 is 0 Å². The molecule has 1 heteroatoms. The lowest BCUT2D eigenvalue weighted by atomic mass is 9.45. The molecule has 0 spiro atoms. The zero-order valence-electron chi connectivity index (χ0n) is 9.08. The first kappa shape index (κ1) is 11.1. The second-order valence-corrected chi connectivity index (χ2v) is 5.70. The van der Waals surface area contributed by atoms with Crippen molar-refractivity contribution in [3.8, 4) is 0 Å². The van der Waals surface area contributed by atoms with Crippen LogP contribution in [0.3, 0.4) is 0 Å². The summed E-state index contributed by atoms with van der Waals surface area (Å²) in [5.74, 6) is 0. The van der Waals surface area contributed by atoms with Crippen LogP contribution in [-0.4, -0.2) is 7.85 Å². The Balaban J connectivity index is 4.75. The molecule has 0 heterocycles. The van der Waals surface area contributed by atoms with Gasteiger partial charge in [0.05, 0.1) is 7.85 Å². The summed E-state index contributed by atoms with van der Waals surface area (Å²) < 4.78 is 0. The van der Waals surface area contributed by atoms with Gasteiger partial charge in [0.25, 0.3) is 0 Å². The molecular weight excluding hydrogens is 131 g/mol. The van der Waals surface area contributed by atoms with Crippen molar-refractivity contribution >= 4 is 7.85 Å². The molecule has 0 aliphatic carbocycles. The predicted octanol–water partition coefficient (Wildman–Crippen LogP) is 3.43. The molecule has 0 bridgehead atoms. The molecule has 0 atom stereocenters. The van der Waals surface area contributed by atoms with Crippen molar-refractivity contribution in [2.24, 2.45) is 10.8 Å². The normalized spacial score (nSPS) is 15.2. The average molecular weight is 152 g/mol. The molecule has 0 aromatic heterocycles. The summed E-state index contributed by atoms with van der Waals surface area (Å²) in [6.07, 6.45) is 0. The highest BCUT2D eigenvalue weighted by molar-refractivity contribution is 6.16. The molecular formula is C10H21B. The molecule has 0 fully saturated rings. The van der Waals surface area contributed by atoms with Gasteiger partial charge in [0, 0.05) is 0 Å². The lowest BCUT2D eigenvalue weighted by Gasteiger charge is -2.49. The maximum atomic E-state index is 6.27. The number of hydrogen-bond acceptors (Lipinski definition) is 0. The van der Waals surface area contributed by atoms with Crippen LogP contribution in [0.2, 0.25) is 5.31 Å². The Morgan fingerprint density at radius 3 is 0.818 bits per heavy atom. The zero-order chi connectivity index (χ0) is 9.50. The van der Waals surface area contributed by atoms with Crippen molar-refractivity contribution in [3.63, 3.8) is 0 Å². The molecule has 0 aromatic rings. The Kier molecular flexibility index (Phi) is 2.55. The fourth-order valence-electron chi connectivity index (χ4n) is 1.12. The maximum absolute atomic E-state index is 6.27. The fourth-order valence-corrected chi connectivity index (χ4v) is 1.12. The van der Waals surface area contributed by atoms with Crippen molar-refractivity contribution < 1.29 is 0 Å². The van der Waals surface area contributed by atoms with Gasteiger partial charge in [-0.05, 0) is 10.8 Å². The summed E-state index contributed by atoms with van der Waals surface area (Å²) in [5.41, 5.74) is 0.316. The standard InChI is InChI=1S/C10H21B/c1-8(2,3)10(7,11)9(4,5)6/h1-7H3. The summed E-state index contributed by atoms with van der Waals surface area (Å²) in [4.78, 5) is 0. The Hall–Kier alpha value is 0.0649. The molecule has 0 N–H and O–H groups in total. The predicted molar refractivity (Wildman–Crippen MR) is 53.0 cm³/mol. The first-order valence-corrected chi connectivity index (χ1v) is 4.29. The van der Waals surface area contributed by atoms with Crippen LogP contribution in [0.5, 0.6) is 0 Å². The van der Waals surface area contributed by atoms with Crippen LogP contribution in [0.1, 0.15) is 48.5 Å². The first-order valence-electron chi connectivity index (χ1n) is 4.29. The minimum atomic E-state index is -0.125. The van der Waals surface area contributed by atoms with Gasteiger partial charge < -0.3 is 0 Å². The summed E-state index contributed by atoms with van der Waals surface area (Å²) in [6.45, 7) is 15.3. The Morgan fingerprint density at radius 1 is 0.636 bits per heavy atom. The van der Waals surface area contributed by atoms with E-state index in [-0.39, 0.29) is 16.1 Å². The summed E-state index contributed by atoms with van der Waals surface area (Å²) in [5, 5.41) is -0.125. The smallest absolute Gasteiger partial charge is 0.0666 e. The van der Waals surface area contributed by atoms with Gasteiger partial charge in [-0.1, -0.05) is 53.8 Å². The number of rotatable bonds is 0. The van der Waals surface area contributed by atoms with E-state index >= 15 is 0 Å². The minimum Gasteiger partial charge on any atom is -0.0666 e. The Bertz CT molecular complexity index is 116. The third-order valence-electron chi connectivity index (χ3n) is 3.12. The zero-order valence-corrected chi connectivity index (χ0v) is 9.08. The largest absolute Gasteiger partial charge is 0.0756 e. The third-order valence-corrected chi connectivity index (χ3v) is 3.12. The molecule has 2 radical (unpaired) electrons. The number of hydrogen-bond donors (Lipinski definition) is 0. The van der Waals surface area contributed by atoms with E-state index in [2.05, 4.69) is 48.5 Å². The van der Waals surface area contributed by atoms with Crippen molar-refractivity contribution in [3.05, 3.63) is 0 Å². The monoisotopic (exact) mass is 152 g/mol. The molecule has 64 valence electrons. The quantitative estimate of drug-likeness (QED) is 0.466. The van der Waals surface area contributed by atoms with Crippen molar-refractivity contribution in [1.82, 2.24) is 0 Å². The highest BCUT2D eigenvalue weighted by atomic mass is 14.4. The van der Waals surface area contributed by atoms with E-state index in [4.69, 9.17) is 7.85 Å². The summed E-state index contributed by atoms with van der Waals surface area (Å²) in [6, 6.07) is 0. The molecule has 0 amide bonds. The Labute approximate surface area is 73.2 Å². The van der Waals surface area contributed by atoms with Gasteiger partial charge in [-0.25, -0.2) is 0 Å². The van der Waals surface area contributed by atoms with E-state index in [0.29, 0.717) is 0 Å². The van der Waals surface area contributed by atoms with Crippen molar-refractivity contribution in [1.29, 1.82) is 0 Å². The second-order valence-electron chi connectivity index (χ2n) is 5.70. The maximum Gasteiger partial charge on any atom is 0.0756 e. The molecule has 0 saturated heterocycles. The first-order chi connectivity index (χ1) is 4.50. The van der Waals surface area contributed by atoms with Crippen molar-refractivity contribution in [2.45, 2.75) is 53.8 Å². The molecule has 0 unspecified atom stereocenters. The summed E-state index contributed by atoms with van der Waals surface area (Å²) in [7, 11) is 6.27.